The van der Waals surface area contributed by atoms with Gasteiger partial charge in [-0.1, -0.05) is 13.0 Å². The Hall–Kier alpha value is -1.55. The van der Waals surface area contributed by atoms with E-state index in [1.54, 1.807) is 12.1 Å². The summed E-state index contributed by atoms with van der Waals surface area (Å²) in [7, 11) is 0. The zero-order valence-electron chi connectivity index (χ0n) is 11.3. The van der Waals surface area contributed by atoms with E-state index in [1.165, 1.54) is 0 Å². The van der Waals surface area contributed by atoms with Gasteiger partial charge in [0.05, 0.1) is 6.61 Å². The summed E-state index contributed by atoms with van der Waals surface area (Å²) < 4.78 is 5.49. The Morgan fingerprint density at radius 1 is 1.44 bits per heavy atom. The van der Waals surface area contributed by atoms with Crippen LogP contribution in [0.15, 0.2) is 24.3 Å². The average Bonchev–Trinajstić information content (AvgIpc) is 2.33. The third-order valence-electron chi connectivity index (χ3n) is 2.27. The van der Waals surface area contributed by atoms with Crippen LogP contribution in [0, 0.1) is 0 Å². The molecule has 0 unspecified atom stereocenters. The van der Waals surface area contributed by atoms with Crippen LogP contribution >= 0.6 is 0 Å². The Kier molecular flexibility index (Phi) is 5.16. The molecule has 1 aromatic rings. The van der Waals surface area contributed by atoms with E-state index in [9.17, 15) is 4.79 Å². The number of rotatable bonds is 6. The van der Waals surface area contributed by atoms with Gasteiger partial charge in [0.25, 0.3) is 5.91 Å². The Balaban J connectivity index is 2.62. The van der Waals surface area contributed by atoms with Crippen LogP contribution in [0.25, 0.3) is 0 Å². The quantitative estimate of drug-likeness (QED) is 0.811. The first-order valence-corrected chi connectivity index (χ1v) is 6.22. The van der Waals surface area contributed by atoms with E-state index in [1.807, 2.05) is 32.9 Å². The van der Waals surface area contributed by atoms with Gasteiger partial charge in [-0.3, -0.25) is 4.79 Å². The predicted octanol–water partition coefficient (Wildman–Crippen LogP) is 1.94. The maximum absolute atomic E-state index is 11.9. The molecule has 0 bridgehead atoms. The SMILES string of the molecule is CCCOc1cccc(C(=O)NCC(C)(C)N)c1. The number of carbonyl (C=O) groups is 1. The van der Waals surface area contributed by atoms with E-state index < -0.39 is 5.54 Å². The predicted molar refractivity (Wildman–Crippen MR) is 72.8 cm³/mol. The van der Waals surface area contributed by atoms with Crippen molar-refractivity contribution >= 4 is 5.91 Å². The lowest BCUT2D eigenvalue weighted by atomic mass is 10.1. The summed E-state index contributed by atoms with van der Waals surface area (Å²) in [4.78, 5) is 11.9. The van der Waals surface area contributed by atoms with Gasteiger partial charge >= 0.3 is 0 Å². The van der Waals surface area contributed by atoms with Gasteiger partial charge in [0.1, 0.15) is 5.75 Å². The number of amides is 1. The van der Waals surface area contributed by atoms with Gasteiger partial charge in [0.15, 0.2) is 0 Å². The zero-order chi connectivity index (χ0) is 13.6. The fourth-order valence-electron chi connectivity index (χ4n) is 1.36. The van der Waals surface area contributed by atoms with Crippen LogP contribution in [0.5, 0.6) is 5.75 Å². The molecule has 0 aliphatic rings. The molecule has 0 atom stereocenters. The molecule has 0 spiro atoms. The maximum Gasteiger partial charge on any atom is 0.251 e. The van der Waals surface area contributed by atoms with Gasteiger partial charge in [0.2, 0.25) is 0 Å². The van der Waals surface area contributed by atoms with Gasteiger partial charge in [-0.25, -0.2) is 0 Å². The Morgan fingerprint density at radius 2 is 2.17 bits per heavy atom. The second-order valence-electron chi connectivity index (χ2n) is 5.05. The average molecular weight is 250 g/mol. The molecule has 4 nitrogen and oxygen atoms in total. The highest BCUT2D eigenvalue weighted by Crippen LogP contribution is 2.13. The van der Waals surface area contributed by atoms with Crippen molar-refractivity contribution in [3.63, 3.8) is 0 Å². The van der Waals surface area contributed by atoms with Crippen molar-refractivity contribution in [2.75, 3.05) is 13.2 Å². The molecule has 0 aromatic heterocycles. The summed E-state index contributed by atoms with van der Waals surface area (Å²) in [6.45, 7) is 6.87. The molecule has 3 N–H and O–H groups in total. The number of hydrogen-bond acceptors (Lipinski definition) is 3. The van der Waals surface area contributed by atoms with Crippen LogP contribution in [0.3, 0.4) is 0 Å². The van der Waals surface area contributed by atoms with Crippen molar-refractivity contribution in [1.29, 1.82) is 0 Å². The summed E-state index contributed by atoms with van der Waals surface area (Å²) in [6.07, 6.45) is 0.942. The smallest absolute Gasteiger partial charge is 0.251 e. The monoisotopic (exact) mass is 250 g/mol. The second kappa shape index (κ2) is 6.40. The van der Waals surface area contributed by atoms with Crippen molar-refractivity contribution in [3.8, 4) is 5.75 Å². The van der Waals surface area contributed by atoms with Crippen LogP contribution in [0.2, 0.25) is 0 Å². The van der Waals surface area contributed by atoms with Crippen molar-refractivity contribution < 1.29 is 9.53 Å². The summed E-state index contributed by atoms with van der Waals surface area (Å²) >= 11 is 0. The van der Waals surface area contributed by atoms with E-state index in [-0.39, 0.29) is 5.91 Å². The molecule has 1 rings (SSSR count). The van der Waals surface area contributed by atoms with E-state index in [0.717, 1.165) is 12.2 Å². The number of nitrogens with one attached hydrogen (secondary N) is 1. The van der Waals surface area contributed by atoms with E-state index in [2.05, 4.69) is 5.32 Å². The van der Waals surface area contributed by atoms with Gasteiger partial charge in [-0.05, 0) is 38.5 Å². The van der Waals surface area contributed by atoms with E-state index in [4.69, 9.17) is 10.5 Å². The molecular weight excluding hydrogens is 228 g/mol. The molecule has 0 heterocycles. The van der Waals surface area contributed by atoms with Crippen molar-refractivity contribution in [1.82, 2.24) is 5.32 Å². The van der Waals surface area contributed by atoms with Crippen LogP contribution in [0.4, 0.5) is 0 Å². The van der Waals surface area contributed by atoms with Crippen molar-refractivity contribution in [2.45, 2.75) is 32.7 Å². The van der Waals surface area contributed by atoms with Crippen molar-refractivity contribution in [3.05, 3.63) is 29.8 Å². The van der Waals surface area contributed by atoms with Crippen molar-refractivity contribution in [2.24, 2.45) is 5.73 Å². The van der Waals surface area contributed by atoms with Gasteiger partial charge in [-0.2, -0.15) is 0 Å². The lowest BCUT2D eigenvalue weighted by molar-refractivity contribution is 0.0945. The standard InChI is InChI=1S/C14H22N2O2/c1-4-8-18-12-7-5-6-11(9-12)13(17)16-10-14(2,3)15/h5-7,9H,4,8,10,15H2,1-3H3,(H,16,17). The summed E-state index contributed by atoms with van der Waals surface area (Å²) in [5.41, 5.74) is 6.00. The third kappa shape index (κ3) is 5.19. The van der Waals surface area contributed by atoms with Gasteiger partial charge < -0.3 is 15.8 Å². The number of nitrogens with two attached hydrogens (primary N) is 1. The molecule has 0 saturated heterocycles. The number of carbonyl (C=O) groups excluding carboxylic acids is 1. The molecule has 0 aliphatic heterocycles. The largest absolute Gasteiger partial charge is 0.494 e. The molecular formula is C14H22N2O2. The highest BCUT2D eigenvalue weighted by Gasteiger charge is 2.13. The second-order valence-corrected chi connectivity index (χ2v) is 5.05. The van der Waals surface area contributed by atoms with Crippen LogP contribution in [0.1, 0.15) is 37.6 Å². The Labute approximate surface area is 109 Å². The number of hydrogen-bond donors (Lipinski definition) is 2. The Bertz CT molecular complexity index is 397. The molecule has 100 valence electrons. The fourth-order valence-corrected chi connectivity index (χ4v) is 1.36. The number of ether oxygens (including phenoxy) is 1. The maximum atomic E-state index is 11.9. The molecule has 0 radical (unpaired) electrons. The minimum atomic E-state index is -0.411. The lowest BCUT2D eigenvalue weighted by Gasteiger charge is -2.19. The van der Waals surface area contributed by atoms with Crippen LogP contribution < -0.4 is 15.8 Å². The first-order chi connectivity index (χ1) is 8.42. The van der Waals surface area contributed by atoms with Gasteiger partial charge in [-0.15, -0.1) is 0 Å². The first-order valence-electron chi connectivity index (χ1n) is 6.22. The normalized spacial score (nSPS) is 11.1. The highest BCUT2D eigenvalue weighted by molar-refractivity contribution is 5.94. The minimum Gasteiger partial charge on any atom is -0.494 e. The molecule has 1 aromatic carbocycles. The molecule has 0 aliphatic carbocycles. The zero-order valence-corrected chi connectivity index (χ0v) is 11.3. The third-order valence-corrected chi connectivity index (χ3v) is 2.27. The topological polar surface area (TPSA) is 64.3 Å². The molecule has 0 saturated carbocycles. The summed E-state index contributed by atoms with van der Waals surface area (Å²) in [5.74, 6) is 0.590. The first kappa shape index (κ1) is 14.5. The minimum absolute atomic E-state index is 0.129. The van der Waals surface area contributed by atoms with Gasteiger partial charge in [0, 0.05) is 17.6 Å². The van der Waals surface area contributed by atoms with Crippen LogP contribution in [-0.2, 0) is 0 Å². The highest BCUT2D eigenvalue weighted by atomic mass is 16.5. The Morgan fingerprint density at radius 3 is 2.78 bits per heavy atom. The fraction of sp³-hybridized carbons (Fsp3) is 0.500. The molecule has 0 fully saturated rings. The molecule has 4 heteroatoms. The molecule has 18 heavy (non-hydrogen) atoms. The number of benzene rings is 1. The lowest BCUT2D eigenvalue weighted by Crippen LogP contribution is -2.45. The summed E-state index contributed by atoms with van der Waals surface area (Å²) in [5, 5.41) is 2.80. The van der Waals surface area contributed by atoms with E-state index >= 15 is 0 Å². The molecule has 1 amide bonds. The van der Waals surface area contributed by atoms with Crippen LogP contribution in [-0.4, -0.2) is 24.6 Å². The summed E-state index contributed by atoms with van der Waals surface area (Å²) in [6, 6.07) is 7.17. The van der Waals surface area contributed by atoms with E-state index in [0.29, 0.717) is 18.7 Å².